The lowest BCUT2D eigenvalue weighted by atomic mass is 10.0. The fourth-order valence-corrected chi connectivity index (χ4v) is 2.09. The number of hydrogen-bond acceptors (Lipinski definition) is 5. The number of ether oxygens (including phenoxy) is 1. The van der Waals surface area contributed by atoms with E-state index in [9.17, 15) is 9.59 Å². The van der Waals surface area contributed by atoms with Crippen LogP contribution in [0.3, 0.4) is 0 Å². The molecule has 4 N–H and O–H groups in total. The molecule has 2 amide bonds. The lowest BCUT2D eigenvalue weighted by molar-refractivity contribution is -0.118. The Labute approximate surface area is 146 Å². The summed E-state index contributed by atoms with van der Waals surface area (Å²) in [6, 6.07) is 7.70. The van der Waals surface area contributed by atoms with Gasteiger partial charge in [-0.15, -0.1) is 0 Å². The van der Waals surface area contributed by atoms with Crippen LogP contribution in [0.4, 0.5) is 11.4 Å². The summed E-state index contributed by atoms with van der Waals surface area (Å²) in [6.07, 6.45) is 3.07. The summed E-state index contributed by atoms with van der Waals surface area (Å²) in [4.78, 5) is 28.2. The second-order valence-corrected chi connectivity index (χ2v) is 5.87. The van der Waals surface area contributed by atoms with Crippen LogP contribution in [-0.4, -0.2) is 29.9 Å². The highest BCUT2D eigenvalue weighted by Crippen LogP contribution is 2.28. The van der Waals surface area contributed by atoms with Gasteiger partial charge in [-0.2, -0.15) is 0 Å². The standard InChI is InChI=1S/C18H22N4O3/c1-11(2)16(19)18(24)21-13-6-7-14(15(9-13)25-3)22-17(23)12-5-4-8-20-10-12/h4-11,16H,19H2,1-3H3,(H,21,24)(H,22,23). The van der Waals surface area contributed by atoms with Gasteiger partial charge in [-0.05, 0) is 30.2 Å². The predicted molar refractivity (Wildman–Crippen MR) is 96.6 cm³/mol. The minimum absolute atomic E-state index is 0.0277. The number of hydrogen-bond donors (Lipinski definition) is 3. The van der Waals surface area contributed by atoms with E-state index >= 15 is 0 Å². The van der Waals surface area contributed by atoms with E-state index in [4.69, 9.17) is 10.5 Å². The average Bonchev–Trinajstić information content (AvgIpc) is 2.62. The first-order valence-corrected chi connectivity index (χ1v) is 7.88. The maximum absolute atomic E-state index is 12.2. The van der Waals surface area contributed by atoms with E-state index in [1.165, 1.54) is 13.3 Å². The van der Waals surface area contributed by atoms with Crippen LogP contribution in [0.1, 0.15) is 24.2 Å². The van der Waals surface area contributed by atoms with Gasteiger partial charge < -0.3 is 21.1 Å². The van der Waals surface area contributed by atoms with Crippen molar-refractivity contribution >= 4 is 23.2 Å². The average molecular weight is 342 g/mol. The minimum atomic E-state index is -0.601. The number of pyridine rings is 1. The van der Waals surface area contributed by atoms with Crippen molar-refractivity contribution in [2.45, 2.75) is 19.9 Å². The number of anilines is 2. The van der Waals surface area contributed by atoms with Gasteiger partial charge in [0.1, 0.15) is 5.75 Å². The van der Waals surface area contributed by atoms with Gasteiger partial charge in [0.05, 0.1) is 24.4 Å². The summed E-state index contributed by atoms with van der Waals surface area (Å²) >= 11 is 0. The Morgan fingerprint density at radius 3 is 2.56 bits per heavy atom. The number of rotatable bonds is 6. The third kappa shape index (κ3) is 4.77. The molecule has 0 aliphatic carbocycles. The highest BCUT2D eigenvalue weighted by Gasteiger charge is 2.18. The molecule has 2 rings (SSSR count). The summed E-state index contributed by atoms with van der Waals surface area (Å²) in [7, 11) is 1.49. The van der Waals surface area contributed by atoms with Crippen molar-refractivity contribution in [3.8, 4) is 5.75 Å². The molecule has 2 aromatic rings. The number of aromatic nitrogens is 1. The minimum Gasteiger partial charge on any atom is -0.494 e. The van der Waals surface area contributed by atoms with Crippen LogP contribution in [0, 0.1) is 5.92 Å². The highest BCUT2D eigenvalue weighted by molar-refractivity contribution is 6.05. The smallest absolute Gasteiger partial charge is 0.257 e. The Morgan fingerprint density at radius 2 is 1.96 bits per heavy atom. The molecule has 0 aliphatic heterocycles. The molecule has 0 radical (unpaired) electrons. The van der Waals surface area contributed by atoms with Gasteiger partial charge in [-0.1, -0.05) is 13.8 Å². The van der Waals surface area contributed by atoms with E-state index in [1.807, 2.05) is 13.8 Å². The quantitative estimate of drug-likeness (QED) is 0.746. The fraction of sp³-hybridized carbons (Fsp3) is 0.278. The predicted octanol–water partition coefficient (Wildman–Crippen LogP) is 2.26. The van der Waals surface area contributed by atoms with E-state index in [2.05, 4.69) is 15.6 Å². The first kappa shape index (κ1) is 18.4. The molecule has 1 aromatic carbocycles. The molecule has 0 bridgehead atoms. The lowest BCUT2D eigenvalue weighted by Gasteiger charge is -2.16. The molecule has 1 heterocycles. The number of methoxy groups -OCH3 is 1. The molecule has 7 heteroatoms. The zero-order chi connectivity index (χ0) is 18.4. The second kappa shape index (κ2) is 8.25. The second-order valence-electron chi connectivity index (χ2n) is 5.87. The number of amides is 2. The molecule has 7 nitrogen and oxygen atoms in total. The largest absolute Gasteiger partial charge is 0.494 e. The summed E-state index contributed by atoms with van der Waals surface area (Å²) in [6.45, 7) is 3.75. The van der Waals surface area contributed by atoms with Gasteiger partial charge in [0.25, 0.3) is 5.91 Å². The fourth-order valence-electron chi connectivity index (χ4n) is 2.09. The summed E-state index contributed by atoms with van der Waals surface area (Å²) in [5.41, 5.74) is 7.30. The number of benzene rings is 1. The Balaban J connectivity index is 2.14. The van der Waals surface area contributed by atoms with Gasteiger partial charge in [0.15, 0.2) is 0 Å². The monoisotopic (exact) mass is 342 g/mol. The van der Waals surface area contributed by atoms with Crippen LogP contribution in [0.5, 0.6) is 5.75 Å². The molecule has 0 spiro atoms. The topological polar surface area (TPSA) is 106 Å². The van der Waals surface area contributed by atoms with Crippen LogP contribution >= 0.6 is 0 Å². The van der Waals surface area contributed by atoms with Crippen molar-refractivity contribution in [3.05, 3.63) is 48.3 Å². The van der Waals surface area contributed by atoms with Gasteiger partial charge in [0, 0.05) is 24.1 Å². The Morgan fingerprint density at radius 1 is 1.20 bits per heavy atom. The molecular formula is C18H22N4O3. The van der Waals surface area contributed by atoms with Crippen molar-refractivity contribution in [1.82, 2.24) is 4.98 Å². The van der Waals surface area contributed by atoms with Crippen molar-refractivity contribution < 1.29 is 14.3 Å². The third-order valence-electron chi connectivity index (χ3n) is 3.66. The van der Waals surface area contributed by atoms with Crippen LogP contribution < -0.4 is 21.1 Å². The van der Waals surface area contributed by atoms with E-state index in [0.717, 1.165) is 0 Å². The number of nitrogens with one attached hydrogen (secondary N) is 2. The third-order valence-corrected chi connectivity index (χ3v) is 3.66. The first-order valence-electron chi connectivity index (χ1n) is 7.88. The molecule has 132 valence electrons. The number of nitrogens with zero attached hydrogens (tertiary/aromatic N) is 1. The van der Waals surface area contributed by atoms with Gasteiger partial charge in [-0.25, -0.2) is 0 Å². The maximum atomic E-state index is 12.2. The molecule has 0 aliphatic rings. The van der Waals surface area contributed by atoms with Gasteiger partial charge >= 0.3 is 0 Å². The number of carbonyl (C=O) groups excluding carboxylic acids is 2. The lowest BCUT2D eigenvalue weighted by Crippen LogP contribution is -2.39. The molecule has 1 aromatic heterocycles. The van der Waals surface area contributed by atoms with Crippen LogP contribution in [-0.2, 0) is 4.79 Å². The van der Waals surface area contributed by atoms with Crippen LogP contribution in [0.25, 0.3) is 0 Å². The molecule has 0 fully saturated rings. The molecular weight excluding hydrogens is 320 g/mol. The molecule has 1 atom stereocenters. The molecule has 25 heavy (non-hydrogen) atoms. The van der Waals surface area contributed by atoms with E-state index in [-0.39, 0.29) is 17.7 Å². The molecule has 1 unspecified atom stereocenters. The normalized spacial score (nSPS) is 11.7. The Bertz CT molecular complexity index is 747. The summed E-state index contributed by atoms with van der Waals surface area (Å²) in [5, 5.41) is 5.50. The van der Waals surface area contributed by atoms with Gasteiger partial charge in [0.2, 0.25) is 5.91 Å². The van der Waals surface area contributed by atoms with E-state index in [1.54, 1.807) is 36.5 Å². The zero-order valence-corrected chi connectivity index (χ0v) is 14.4. The SMILES string of the molecule is COc1cc(NC(=O)C(N)C(C)C)ccc1NC(=O)c1cccnc1. The highest BCUT2D eigenvalue weighted by atomic mass is 16.5. The zero-order valence-electron chi connectivity index (χ0n) is 14.4. The van der Waals surface area contributed by atoms with Crippen molar-refractivity contribution in [1.29, 1.82) is 0 Å². The maximum Gasteiger partial charge on any atom is 0.257 e. The van der Waals surface area contributed by atoms with E-state index < -0.39 is 6.04 Å². The molecule has 0 saturated carbocycles. The number of carbonyl (C=O) groups is 2. The van der Waals surface area contributed by atoms with Crippen molar-refractivity contribution in [2.75, 3.05) is 17.7 Å². The van der Waals surface area contributed by atoms with Gasteiger partial charge in [-0.3, -0.25) is 14.6 Å². The van der Waals surface area contributed by atoms with Crippen LogP contribution in [0.2, 0.25) is 0 Å². The Hall–Kier alpha value is -2.93. The van der Waals surface area contributed by atoms with E-state index in [0.29, 0.717) is 22.7 Å². The molecule has 0 saturated heterocycles. The van der Waals surface area contributed by atoms with Crippen molar-refractivity contribution in [2.24, 2.45) is 11.7 Å². The first-order chi connectivity index (χ1) is 11.9. The van der Waals surface area contributed by atoms with Crippen LogP contribution in [0.15, 0.2) is 42.7 Å². The summed E-state index contributed by atoms with van der Waals surface area (Å²) in [5.74, 6) is -0.123. The van der Waals surface area contributed by atoms with Crippen molar-refractivity contribution in [3.63, 3.8) is 0 Å². The summed E-state index contributed by atoms with van der Waals surface area (Å²) < 4.78 is 5.30. The Kier molecular flexibility index (Phi) is 6.08. The number of nitrogens with two attached hydrogens (primary N) is 1.